The molecule has 0 radical (unpaired) electrons. The van der Waals surface area contributed by atoms with Crippen molar-refractivity contribution in [2.24, 2.45) is 11.7 Å². The van der Waals surface area contributed by atoms with Gasteiger partial charge in [0.15, 0.2) is 0 Å². The molecule has 3 N–H and O–H groups in total. The van der Waals surface area contributed by atoms with Gasteiger partial charge < -0.3 is 11.1 Å². The maximum Gasteiger partial charge on any atom is 0.220 e. The zero-order chi connectivity index (χ0) is 14.6. The normalized spacial score (nSPS) is 20.8. The summed E-state index contributed by atoms with van der Waals surface area (Å²) >= 11 is 0. The van der Waals surface area contributed by atoms with Gasteiger partial charge in [0, 0.05) is 32.1 Å². The van der Waals surface area contributed by atoms with Crippen LogP contribution in [-0.2, 0) is 14.8 Å². The van der Waals surface area contributed by atoms with E-state index in [-0.39, 0.29) is 36.5 Å². The molecule has 2 fully saturated rings. The quantitative estimate of drug-likeness (QED) is 0.672. The van der Waals surface area contributed by atoms with Gasteiger partial charge in [0.05, 0.1) is 5.75 Å². The predicted molar refractivity (Wildman–Crippen MR) is 84.8 cm³/mol. The second-order valence-corrected chi connectivity index (χ2v) is 7.92. The second kappa shape index (κ2) is 8.31. The Morgan fingerprint density at radius 3 is 2.48 bits per heavy atom. The Morgan fingerprint density at radius 1 is 1.29 bits per heavy atom. The lowest BCUT2D eigenvalue weighted by molar-refractivity contribution is -0.121. The fraction of sp³-hybridized carbons (Fsp3) is 0.923. The van der Waals surface area contributed by atoms with Crippen LogP contribution in [0.4, 0.5) is 0 Å². The summed E-state index contributed by atoms with van der Waals surface area (Å²) in [4.78, 5) is 11.6. The standard InChI is InChI=1S/C13H25N3O3S.ClH/c14-12(11-5-6-11)10-15-13(17)4-3-9-20(18,19)16-7-1-2-8-16;/h11-12H,1-10,14H2,(H,15,17);1H. The Morgan fingerprint density at radius 2 is 1.90 bits per heavy atom. The van der Waals surface area contributed by atoms with E-state index in [0.29, 0.717) is 32.0 Å². The van der Waals surface area contributed by atoms with Crippen LogP contribution in [0.3, 0.4) is 0 Å². The molecule has 0 spiro atoms. The summed E-state index contributed by atoms with van der Waals surface area (Å²) in [5.41, 5.74) is 5.89. The van der Waals surface area contributed by atoms with Crippen molar-refractivity contribution < 1.29 is 13.2 Å². The first-order valence-corrected chi connectivity index (χ1v) is 9.10. The molecule has 2 aliphatic rings. The number of carbonyl (C=O) groups is 1. The lowest BCUT2D eigenvalue weighted by Gasteiger charge is -2.15. The smallest absolute Gasteiger partial charge is 0.220 e. The van der Waals surface area contributed by atoms with Crippen molar-refractivity contribution in [2.75, 3.05) is 25.4 Å². The Bertz CT molecular complexity index is 434. The van der Waals surface area contributed by atoms with Crippen molar-refractivity contribution in [3.05, 3.63) is 0 Å². The van der Waals surface area contributed by atoms with Gasteiger partial charge in [-0.2, -0.15) is 0 Å². The first kappa shape index (κ1) is 18.7. The van der Waals surface area contributed by atoms with Gasteiger partial charge in [-0.25, -0.2) is 12.7 Å². The number of hydrogen-bond donors (Lipinski definition) is 2. The Labute approximate surface area is 133 Å². The van der Waals surface area contributed by atoms with Gasteiger partial charge in [-0.05, 0) is 38.0 Å². The van der Waals surface area contributed by atoms with Gasteiger partial charge in [0.1, 0.15) is 0 Å². The minimum atomic E-state index is -3.16. The van der Waals surface area contributed by atoms with E-state index >= 15 is 0 Å². The van der Waals surface area contributed by atoms with Crippen molar-refractivity contribution in [2.45, 2.75) is 44.6 Å². The summed E-state index contributed by atoms with van der Waals surface area (Å²) in [6.07, 6.45) is 4.83. The molecule has 1 saturated carbocycles. The third-order valence-electron chi connectivity index (χ3n) is 4.03. The molecule has 1 atom stereocenters. The molecule has 1 unspecified atom stereocenters. The van der Waals surface area contributed by atoms with E-state index < -0.39 is 10.0 Å². The summed E-state index contributed by atoms with van der Waals surface area (Å²) in [6, 6.07) is 0.0484. The topological polar surface area (TPSA) is 92.5 Å². The summed E-state index contributed by atoms with van der Waals surface area (Å²) in [7, 11) is -3.16. The van der Waals surface area contributed by atoms with E-state index in [2.05, 4.69) is 5.32 Å². The van der Waals surface area contributed by atoms with Crippen molar-refractivity contribution in [1.29, 1.82) is 0 Å². The highest BCUT2D eigenvalue weighted by Gasteiger charge is 2.28. The van der Waals surface area contributed by atoms with E-state index in [1.165, 1.54) is 4.31 Å². The molecular formula is C13H26ClN3O3S. The fourth-order valence-corrected chi connectivity index (χ4v) is 4.10. The van der Waals surface area contributed by atoms with Crippen LogP contribution in [0.15, 0.2) is 0 Å². The van der Waals surface area contributed by atoms with Gasteiger partial charge in [-0.15, -0.1) is 12.4 Å². The minimum Gasteiger partial charge on any atom is -0.355 e. The lowest BCUT2D eigenvalue weighted by atomic mass is 10.2. The van der Waals surface area contributed by atoms with Crippen LogP contribution in [-0.4, -0.2) is 50.1 Å². The highest BCUT2D eigenvalue weighted by atomic mass is 35.5. The van der Waals surface area contributed by atoms with Crippen molar-refractivity contribution in [3.63, 3.8) is 0 Å². The van der Waals surface area contributed by atoms with Gasteiger partial charge in [-0.3, -0.25) is 4.79 Å². The summed E-state index contributed by atoms with van der Waals surface area (Å²) in [6.45, 7) is 1.76. The first-order chi connectivity index (χ1) is 9.49. The Kier molecular flexibility index (Phi) is 7.39. The van der Waals surface area contributed by atoms with E-state index in [1.807, 2.05) is 0 Å². The molecule has 0 aromatic rings. The summed E-state index contributed by atoms with van der Waals surface area (Å²) < 4.78 is 25.4. The van der Waals surface area contributed by atoms with Crippen molar-refractivity contribution in [1.82, 2.24) is 9.62 Å². The van der Waals surface area contributed by atoms with Gasteiger partial charge in [0.25, 0.3) is 0 Å². The third-order valence-corrected chi connectivity index (χ3v) is 5.98. The summed E-state index contributed by atoms with van der Waals surface area (Å²) in [5, 5.41) is 2.79. The molecule has 1 amide bonds. The molecule has 2 rings (SSSR count). The molecule has 0 aromatic carbocycles. The molecule has 1 aliphatic heterocycles. The summed E-state index contributed by atoms with van der Waals surface area (Å²) in [5.74, 6) is 0.526. The average Bonchev–Trinajstić information content (AvgIpc) is 3.09. The highest BCUT2D eigenvalue weighted by molar-refractivity contribution is 7.89. The maximum absolute atomic E-state index is 12.0. The SMILES string of the molecule is Cl.NC(CNC(=O)CCCS(=O)(=O)N1CCCC1)C1CC1. The molecule has 21 heavy (non-hydrogen) atoms. The van der Waals surface area contributed by atoms with E-state index in [9.17, 15) is 13.2 Å². The number of nitrogens with two attached hydrogens (primary N) is 1. The monoisotopic (exact) mass is 339 g/mol. The fourth-order valence-electron chi connectivity index (χ4n) is 2.52. The number of carbonyl (C=O) groups excluding carboxylic acids is 1. The molecule has 124 valence electrons. The number of sulfonamides is 1. The highest BCUT2D eigenvalue weighted by Crippen LogP contribution is 2.31. The van der Waals surface area contributed by atoms with Crippen LogP contribution in [0, 0.1) is 5.92 Å². The molecule has 1 aliphatic carbocycles. The zero-order valence-electron chi connectivity index (χ0n) is 12.3. The lowest BCUT2D eigenvalue weighted by Crippen LogP contribution is -2.38. The maximum atomic E-state index is 12.0. The molecule has 1 saturated heterocycles. The Hall–Kier alpha value is -0.370. The Balaban J connectivity index is 0.00000220. The molecular weight excluding hydrogens is 314 g/mol. The molecule has 6 nitrogen and oxygen atoms in total. The molecule has 0 aromatic heterocycles. The van der Waals surface area contributed by atoms with Crippen LogP contribution < -0.4 is 11.1 Å². The van der Waals surface area contributed by atoms with Gasteiger partial charge in [0.2, 0.25) is 15.9 Å². The minimum absolute atomic E-state index is 0. The van der Waals surface area contributed by atoms with Crippen LogP contribution in [0.2, 0.25) is 0 Å². The number of nitrogens with zero attached hydrogens (tertiary/aromatic N) is 1. The van der Waals surface area contributed by atoms with Crippen molar-refractivity contribution in [3.8, 4) is 0 Å². The molecule has 1 heterocycles. The number of hydrogen-bond acceptors (Lipinski definition) is 4. The van der Waals surface area contributed by atoms with Crippen LogP contribution in [0.5, 0.6) is 0 Å². The van der Waals surface area contributed by atoms with Gasteiger partial charge >= 0.3 is 0 Å². The number of rotatable bonds is 8. The van der Waals surface area contributed by atoms with Gasteiger partial charge in [-0.1, -0.05) is 0 Å². The molecule has 8 heteroatoms. The second-order valence-electron chi connectivity index (χ2n) is 5.83. The number of nitrogens with one attached hydrogen (secondary N) is 1. The number of amides is 1. The van der Waals surface area contributed by atoms with Crippen LogP contribution in [0.1, 0.15) is 38.5 Å². The first-order valence-electron chi connectivity index (χ1n) is 7.49. The van der Waals surface area contributed by atoms with Crippen LogP contribution in [0.25, 0.3) is 0 Å². The van der Waals surface area contributed by atoms with E-state index in [0.717, 1.165) is 25.7 Å². The third kappa shape index (κ3) is 6.10. The van der Waals surface area contributed by atoms with Crippen LogP contribution >= 0.6 is 12.4 Å². The molecule has 0 bridgehead atoms. The zero-order valence-corrected chi connectivity index (χ0v) is 13.9. The average molecular weight is 340 g/mol. The predicted octanol–water partition coefficient (Wildman–Crippen LogP) is 0.467. The number of halogens is 1. The van der Waals surface area contributed by atoms with E-state index in [1.54, 1.807) is 0 Å². The van der Waals surface area contributed by atoms with E-state index in [4.69, 9.17) is 5.73 Å². The van der Waals surface area contributed by atoms with Crippen molar-refractivity contribution >= 4 is 28.3 Å². The largest absolute Gasteiger partial charge is 0.355 e.